The Labute approximate surface area is 270 Å². The number of hydrogen-bond donors (Lipinski definition) is 1. The molecule has 0 radical (unpaired) electrons. The number of nitrogens with zero attached hydrogens (tertiary/aromatic N) is 2. The number of carbonyl (C=O) groups is 5. The molecular formula is C32H25BrCl2N2O7. The second-order valence-corrected chi connectivity index (χ2v) is 13.6. The van der Waals surface area contributed by atoms with Gasteiger partial charge in [-0.3, -0.25) is 33.8 Å². The number of halogens is 3. The summed E-state index contributed by atoms with van der Waals surface area (Å²) in [7, 11) is 0. The highest BCUT2D eigenvalue weighted by Crippen LogP contribution is 2.65. The van der Waals surface area contributed by atoms with Gasteiger partial charge < -0.3 is 9.84 Å². The van der Waals surface area contributed by atoms with E-state index in [4.69, 9.17) is 27.9 Å². The fourth-order valence-electron chi connectivity index (χ4n) is 7.66. The Balaban J connectivity index is 1.34. The zero-order valence-corrected chi connectivity index (χ0v) is 26.4. The van der Waals surface area contributed by atoms with Crippen LogP contribution < -0.4 is 9.64 Å². The molecule has 6 atom stereocenters. The van der Waals surface area contributed by atoms with Crippen molar-refractivity contribution < 1.29 is 33.8 Å². The van der Waals surface area contributed by atoms with E-state index in [2.05, 4.69) is 15.9 Å². The Morgan fingerprint density at radius 3 is 2.45 bits per heavy atom. The summed E-state index contributed by atoms with van der Waals surface area (Å²) in [6.07, 6.45) is 3.69. The maximum Gasteiger partial charge on any atom is 0.254 e. The van der Waals surface area contributed by atoms with Crippen molar-refractivity contribution in [1.82, 2.24) is 4.90 Å². The molecule has 1 saturated carbocycles. The van der Waals surface area contributed by atoms with Crippen LogP contribution in [0.3, 0.4) is 0 Å². The summed E-state index contributed by atoms with van der Waals surface area (Å²) in [6, 6.07) is 11.0. The summed E-state index contributed by atoms with van der Waals surface area (Å²) in [5.41, 5.74) is 2.54. The molecular weight excluding hydrogens is 675 g/mol. The molecule has 226 valence electrons. The minimum atomic E-state index is -1.94. The van der Waals surface area contributed by atoms with E-state index in [-0.39, 0.29) is 42.2 Å². The van der Waals surface area contributed by atoms with Crippen LogP contribution in [0.4, 0.5) is 5.69 Å². The van der Waals surface area contributed by atoms with Gasteiger partial charge in [-0.05, 0) is 73.7 Å². The molecule has 2 aromatic carbocycles. The van der Waals surface area contributed by atoms with E-state index in [9.17, 15) is 29.1 Å². The highest BCUT2D eigenvalue weighted by Gasteiger charge is 2.76. The normalized spacial score (nSPS) is 32.4. The fraction of sp³-hybridized carbons (Fsp3) is 0.344. The molecule has 3 aliphatic heterocycles. The van der Waals surface area contributed by atoms with Crippen LogP contribution in [0.25, 0.3) is 0 Å². The van der Waals surface area contributed by atoms with Crippen LogP contribution in [-0.2, 0) is 25.6 Å². The van der Waals surface area contributed by atoms with Crippen LogP contribution in [0.1, 0.15) is 35.7 Å². The molecule has 2 saturated heterocycles. The standard InChI is InChI=1S/C32H25BrCl2N2O7/c1-15(38)16-2-4-19(5-3-16)37-27(40)22-8-7-21-23(25(22)28(37)41)12-31(34)29(42)36(14-33)30(43)32(31,35)26(21)18-10-17-11-20(39)6-9-24(17)44-13-18/h2-7,9,11,13,22-23,25-26,39H,8,10,12,14H2,1H3/t22-,23+,25-,26-,31+,32-/m0/s1. The van der Waals surface area contributed by atoms with Crippen molar-refractivity contribution in [2.75, 3.05) is 10.4 Å². The van der Waals surface area contributed by atoms with Crippen LogP contribution >= 0.6 is 39.1 Å². The Morgan fingerprint density at radius 1 is 1.05 bits per heavy atom. The minimum absolute atomic E-state index is 0.0335. The minimum Gasteiger partial charge on any atom is -0.508 e. The summed E-state index contributed by atoms with van der Waals surface area (Å²) in [4.78, 5) is 65.7. The van der Waals surface area contributed by atoms with Gasteiger partial charge in [0.25, 0.3) is 11.8 Å². The maximum atomic E-state index is 14.1. The molecule has 0 aromatic heterocycles. The van der Waals surface area contributed by atoms with Crippen molar-refractivity contribution in [3.8, 4) is 11.5 Å². The molecule has 0 bridgehead atoms. The summed E-state index contributed by atoms with van der Waals surface area (Å²) >= 11 is 17.8. The number of rotatable bonds is 4. The van der Waals surface area contributed by atoms with Gasteiger partial charge in [-0.1, -0.05) is 27.6 Å². The number of carbonyl (C=O) groups excluding carboxylic acids is 5. The maximum absolute atomic E-state index is 14.1. The first-order valence-electron chi connectivity index (χ1n) is 14.1. The van der Waals surface area contributed by atoms with Gasteiger partial charge in [0.1, 0.15) is 11.5 Å². The Bertz CT molecular complexity index is 1760. The van der Waals surface area contributed by atoms with E-state index < -0.39 is 51.1 Å². The number of anilines is 1. The van der Waals surface area contributed by atoms with Crippen LogP contribution in [0, 0.1) is 23.7 Å². The van der Waals surface area contributed by atoms with Gasteiger partial charge in [0.05, 0.1) is 29.2 Å². The average Bonchev–Trinajstić information content (AvgIpc) is 3.34. The first kappa shape index (κ1) is 29.3. The number of benzene rings is 2. The van der Waals surface area contributed by atoms with Crippen molar-refractivity contribution in [2.24, 2.45) is 23.7 Å². The van der Waals surface area contributed by atoms with E-state index in [1.54, 1.807) is 36.4 Å². The van der Waals surface area contributed by atoms with Gasteiger partial charge in [-0.25, -0.2) is 0 Å². The highest BCUT2D eigenvalue weighted by atomic mass is 79.9. The molecule has 12 heteroatoms. The zero-order chi connectivity index (χ0) is 31.3. The van der Waals surface area contributed by atoms with E-state index in [1.165, 1.54) is 19.3 Å². The summed E-state index contributed by atoms with van der Waals surface area (Å²) < 4.78 is 5.92. The molecule has 1 N–H and O–H groups in total. The molecule has 7 rings (SSSR count). The molecule has 5 aliphatic rings. The quantitative estimate of drug-likeness (QED) is 0.159. The fourth-order valence-corrected chi connectivity index (χ4v) is 9.10. The van der Waals surface area contributed by atoms with Crippen LogP contribution in [0.15, 0.2) is 65.9 Å². The van der Waals surface area contributed by atoms with E-state index >= 15 is 0 Å². The van der Waals surface area contributed by atoms with Crippen molar-refractivity contribution in [3.63, 3.8) is 0 Å². The van der Waals surface area contributed by atoms with Gasteiger partial charge in [0.15, 0.2) is 15.5 Å². The number of ketones is 1. The average molecular weight is 700 g/mol. The number of phenols is 1. The topological polar surface area (TPSA) is 121 Å². The van der Waals surface area contributed by atoms with Gasteiger partial charge in [-0.15, -0.1) is 23.2 Å². The highest BCUT2D eigenvalue weighted by molar-refractivity contribution is 9.09. The van der Waals surface area contributed by atoms with Crippen LogP contribution in [0.5, 0.6) is 11.5 Å². The largest absolute Gasteiger partial charge is 0.508 e. The lowest BCUT2D eigenvalue weighted by molar-refractivity contribution is -0.138. The molecule has 0 unspecified atom stereocenters. The predicted octanol–water partition coefficient (Wildman–Crippen LogP) is 4.86. The second-order valence-electron chi connectivity index (χ2n) is 11.9. The second kappa shape index (κ2) is 10.0. The number of hydrogen-bond acceptors (Lipinski definition) is 7. The van der Waals surface area contributed by atoms with Gasteiger partial charge in [0, 0.05) is 23.5 Å². The molecule has 0 spiro atoms. The monoisotopic (exact) mass is 698 g/mol. The van der Waals surface area contributed by atoms with E-state index in [0.717, 1.165) is 9.80 Å². The Hall–Kier alpha value is -3.47. The number of amides is 4. The number of allylic oxidation sites excluding steroid dienone is 3. The number of ether oxygens (including phenoxy) is 1. The lowest BCUT2D eigenvalue weighted by Gasteiger charge is -2.51. The SMILES string of the molecule is CC(=O)c1ccc(N2C(=O)[C@H]3[C@H](CC=C4[C@H](C5=COc6ccc(O)cc6C5)[C@]5(Cl)C(=O)N(CBr)C(=O)[C@]5(Cl)C[C@H]43)C2=O)cc1. The predicted molar refractivity (Wildman–Crippen MR) is 164 cm³/mol. The first-order valence-corrected chi connectivity index (χ1v) is 16.0. The molecule has 4 amide bonds. The Morgan fingerprint density at radius 2 is 1.77 bits per heavy atom. The number of Topliss-reactive ketones (excluding diaryl/α,β-unsaturated/α-hetero) is 1. The molecule has 3 heterocycles. The van der Waals surface area contributed by atoms with Crippen molar-refractivity contribution in [1.29, 1.82) is 0 Å². The van der Waals surface area contributed by atoms with Gasteiger partial charge in [-0.2, -0.15) is 0 Å². The first-order chi connectivity index (χ1) is 20.9. The summed E-state index contributed by atoms with van der Waals surface area (Å²) in [5, 5.41) is 10.1. The lowest BCUT2D eigenvalue weighted by atomic mass is 9.56. The molecule has 2 aliphatic carbocycles. The molecule has 9 nitrogen and oxygen atoms in total. The van der Waals surface area contributed by atoms with Crippen LogP contribution in [-0.4, -0.2) is 54.6 Å². The number of fused-ring (bicyclic) bond motifs is 5. The third kappa shape index (κ3) is 3.80. The van der Waals surface area contributed by atoms with Crippen molar-refractivity contribution >= 4 is 74.2 Å². The lowest BCUT2D eigenvalue weighted by Crippen LogP contribution is -2.61. The summed E-state index contributed by atoms with van der Waals surface area (Å²) in [6.45, 7) is 1.43. The van der Waals surface area contributed by atoms with Crippen LogP contribution in [0.2, 0.25) is 0 Å². The van der Waals surface area contributed by atoms with Gasteiger partial charge >= 0.3 is 0 Å². The van der Waals surface area contributed by atoms with E-state index in [0.29, 0.717) is 33.7 Å². The third-order valence-electron chi connectivity index (χ3n) is 9.69. The number of imide groups is 2. The molecule has 3 fully saturated rings. The number of alkyl halides is 3. The smallest absolute Gasteiger partial charge is 0.254 e. The number of aromatic hydroxyl groups is 1. The number of likely N-dealkylation sites (tertiary alicyclic amines) is 1. The van der Waals surface area contributed by atoms with Crippen molar-refractivity contribution in [3.05, 3.63) is 77.1 Å². The molecule has 44 heavy (non-hydrogen) atoms. The number of phenolic OH excluding ortho intramolecular Hbond substituents is 1. The Kier molecular flexibility index (Phi) is 6.66. The van der Waals surface area contributed by atoms with Gasteiger partial charge in [0.2, 0.25) is 11.8 Å². The van der Waals surface area contributed by atoms with Crippen molar-refractivity contribution in [2.45, 2.75) is 35.9 Å². The third-order valence-corrected chi connectivity index (χ3v) is 11.6. The molecule has 2 aromatic rings. The zero-order valence-electron chi connectivity index (χ0n) is 23.3. The summed E-state index contributed by atoms with van der Waals surface area (Å²) in [5.74, 6) is -4.92. The van der Waals surface area contributed by atoms with E-state index in [1.807, 2.05) is 6.08 Å².